The Morgan fingerprint density at radius 1 is 1.15 bits per heavy atom. The second kappa shape index (κ2) is 8.94. The average molecular weight is 301 g/mol. The molecule has 1 aromatic rings. The van der Waals surface area contributed by atoms with E-state index in [4.69, 9.17) is 9.84 Å². The minimum Gasteiger partial charge on any atom is -0.494 e. The summed E-state index contributed by atoms with van der Waals surface area (Å²) >= 11 is 0. The van der Waals surface area contributed by atoms with Crippen molar-refractivity contribution in [2.75, 3.05) is 19.8 Å². The van der Waals surface area contributed by atoms with Gasteiger partial charge in [-0.1, -0.05) is 19.8 Å². The molecule has 0 aliphatic carbocycles. The normalized spacial score (nSPS) is 11.5. The summed E-state index contributed by atoms with van der Waals surface area (Å²) in [5.41, 5.74) is 0. The van der Waals surface area contributed by atoms with Crippen LogP contribution in [-0.2, 0) is 10.0 Å². The fourth-order valence-corrected chi connectivity index (χ4v) is 2.71. The van der Waals surface area contributed by atoms with E-state index in [9.17, 15) is 8.42 Å². The first-order valence-corrected chi connectivity index (χ1v) is 8.42. The Balaban J connectivity index is 2.53. The summed E-state index contributed by atoms with van der Waals surface area (Å²) in [7, 11) is -3.43. The Morgan fingerprint density at radius 2 is 1.85 bits per heavy atom. The third-order valence-electron chi connectivity index (χ3n) is 2.78. The summed E-state index contributed by atoms with van der Waals surface area (Å²) in [5, 5.41) is 8.65. The van der Waals surface area contributed by atoms with Crippen LogP contribution in [0.4, 0.5) is 0 Å². The molecule has 114 valence electrons. The lowest BCUT2D eigenvalue weighted by Gasteiger charge is -2.08. The molecule has 0 aliphatic rings. The van der Waals surface area contributed by atoms with Gasteiger partial charge in [-0.25, -0.2) is 13.1 Å². The molecular formula is C14H23NO4S. The quantitative estimate of drug-likeness (QED) is 0.647. The molecule has 0 fully saturated rings. The van der Waals surface area contributed by atoms with Crippen LogP contribution in [0.2, 0.25) is 0 Å². The molecule has 20 heavy (non-hydrogen) atoms. The zero-order valence-corrected chi connectivity index (χ0v) is 12.7. The van der Waals surface area contributed by atoms with Crippen LogP contribution >= 0.6 is 0 Å². The van der Waals surface area contributed by atoms with Crippen molar-refractivity contribution in [1.29, 1.82) is 0 Å². The lowest BCUT2D eigenvalue weighted by Crippen LogP contribution is -2.24. The third-order valence-corrected chi connectivity index (χ3v) is 4.25. The first-order valence-electron chi connectivity index (χ1n) is 6.93. The highest BCUT2D eigenvalue weighted by atomic mass is 32.2. The molecule has 0 atom stereocenters. The number of nitrogens with one attached hydrogen (secondary N) is 1. The summed E-state index contributed by atoms with van der Waals surface area (Å²) < 4.78 is 31.9. The highest BCUT2D eigenvalue weighted by molar-refractivity contribution is 7.89. The van der Waals surface area contributed by atoms with Crippen molar-refractivity contribution < 1.29 is 18.3 Å². The smallest absolute Gasteiger partial charge is 0.240 e. The third kappa shape index (κ3) is 5.90. The summed E-state index contributed by atoms with van der Waals surface area (Å²) in [6.07, 6.45) is 3.47. The van der Waals surface area contributed by atoms with Crippen LogP contribution in [0.25, 0.3) is 0 Å². The molecule has 6 heteroatoms. The molecule has 1 aromatic carbocycles. The number of hydrogen-bond donors (Lipinski definition) is 2. The van der Waals surface area contributed by atoms with Gasteiger partial charge in [-0.3, -0.25) is 0 Å². The number of ether oxygens (including phenoxy) is 1. The fourth-order valence-electron chi connectivity index (χ4n) is 1.63. The van der Waals surface area contributed by atoms with Gasteiger partial charge in [0, 0.05) is 19.6 Å². The SMILES string of the molecule is CCCCCNS(=O)(=O)c1ccc(OCCCO)cc1. The Labute approximate surface area is 121 Å². The largest absolute Gasteiger partial charge is 0.494 e. The Hall–Kier alpha value is -1.11. The fraction of sp³-hybridized carbons (Fsp3) is 0.571. The summed E-state index contributed by atoms with van der Waals surface area (Å²) in [6, 6.07) is 6.29. The molecule has 2 N–H and O–H groups in total. The molecule has 0 spiro atoms. The van der Waals surface area contributed by atoms with Crippen molar-refractivity contribution >= 4 is 10.0 Å². The van der Waals surface area contributed by atoms with Gasteiger partial charge in [0.1, 0.15) is 5.75 Å². The summed E-state index contributed by atoms with van der Waals surface area (Å²) in [5.74, 6) is 0.600. The van der Waals surface area contributed by atoms with E-state index >= 15 is 0 Å². The molecular weight excluding hydrogens is 278 g/mol. The van der Waals surface area contributed by atoms with Gasteiger partial charge in [0.15, 0.2) is 0 Å². The Bertz CT molecular complexity index is 470. The van der Waals surface area contributed by atoms with Gasteiger partial charge in [-0.2, -0.15) is 0 Å². The van der Waals surface area contributed by atoms with Gasteiger partial charge in [-0.05, 0) is 30.7 Å². The van der Waals surface area contributed by atoms with Gasteiger partial charge in [0.05, 0.1) is 11.5 Å². The van der Waals surface area contributed by atoms with Crippen molar-refractivity contribution in [3.8, 4) is 5.75 Å². The minimum absolute atomic E-state index is 0.0775. The van der Waals surface area contributed by atoms with Gasteiger partial charge >= 0.3 is 0 Å². The number of aliphatic hydroxyl groups is 1. The van der Waals surface area contributed by atoms with Crippen molar-refractivity contribution in [3.63, 3.8) is 0 Å². The topological polar surface area (TPSA) is 75.6 Å². The van der Waals surface area contributed by atoms with E-state index in [2.05, 4.69) is 11.6 Å². The Morgan fingerprint density at radius 3 is 2.45 bits per heavy atom. The average Bonchev–Trinajstić information content (AvgIpc) is 2.45. The monoisotopic (exact) mass is 301 g/mol. The van der Waals surface area contributed by atoms with E-state index in [1.54, 1.807) is 12.1 Å². The maximum atomic E-state index is 12.0. The van der Waals surface area contributed by atoms with E-state index in [1.807, 2.05) is 0 Å². The van der Waals surface area contributed by atoms with Crippen molar-refractivity contribution in [1.82, 2.24) is 4.72 Å². The van der Waals surface area contributed by atoms with Crippen molar-refractivity contribution in [3.05, 3.63) is 24.3 Å². The molecule has 0 aromatic heterocycles. The molecule has 0 heterocycles. The predicted molar refractivity (Wildman–Crippen MR) is 78.4 cm³/mol. The van der Waals surface area contributed by atoms with Crippen LogP contribution in [0.1, 0.15) is 32.6 Å². The number of unbranched alkanes of at least 4 members (excludes halogenated alkanes) is 2. The number of aliphatic hydroxyl groups excluding tert-OH is 1. The molecule has 1 rings (SSSR count). The minimum atomic E-state index is -3.43. The standard InChI is InChI=1S/C14H23NO4S/c1-2-3-4-10-15-20(17,18)14-8-6-13(7-9-14)19-12-5-11-16/h6-9,15-16H,2-5,10-12H2,1H3. The van der Waals surface area contributed by atoms with Crippen LogP contribution in [0, 0.1) is 0 Å². The molecule has 0 aliphatic heterocycles. The molecule has 0 saturated heterocycles. The Kier molecular flexibility index (Phi) is 7.58. The number of sulfonamides is 1. The van der Waals surface area contributed by atoms with Crippen LogP contribution in [0.5, 0.6) is 5.75 Å². The van der Waals surface area contributed by atoms with Crippen LogP contribution < -0.4 is 9.46 Å². The molecule has 0 radical (unpaired) electrons. The van der Waals surface area contributed by atoms with E-state index in [0.29, 0.717) is 25.3 Å². The van der Waals surface area contributed by atoms with Crippen molar-refractivity contribution in [2.24, 2.45) is 0 Å². The van der Waals surface area contributed by atoms with Crippen LogP contribution in [-0.4, -0.2) is 33.3 Å². The second-order valence-electron chi connectivity index (χ2n) is 4.50. The number of rotatable bonds is 10. The maximum Gasteiger partial charge on any atom is 0.240 e. The highest BCUT2D eigenvalue weighted by Gasteiger charge is 2.12. The highest BCUT2D eigenvalue weighted by Crippen LogP contribution is 2.16. The summed E-state index contributed by atoms with van der Waals surface area (Å²) in [6.45, 7) is 3.03. The molecule has 0 bridgehead atoms. The van der Waals surface area contributed by atoms with E-state index in [-0.39, 0.29) is 11.5 Å². The van der Waals surface area contributed by atoms with Crippen LogP contribution in [0.15, 0.2) is 29.2 Å². The molecule has 5 nitrogen and oxygen atoms in total. The van der Waals surface area contributed by atoms with Gasteiger partial charge in [0.25, 0.3) is 0 Å². The lowest BCUT2D eigenvalue weighted by molar-refractivity contribution is 0.233. The van der Waals surface area contributed by atoms with Gasteiger partial charge in [0.2, 0.25) is 10.0 Å². The lowest BCUT2D eigenvalue weighted by atomic mass is 10.3. The molecule has 0 saturated carbocycles. The first-order chi connectivity index (χ1) is 9.60. The second-order valence-corrected chi connectivity index (χ2v) is 6.27. The zero-order chi connectivity index (χ0) is 14.8. The predicted octanol–water partition coefficient (Wildman–Crippen LogP) is 1.92. The first kappa shape index (κ1) is 16.9. The molecule has 0 unspecified atom stereocenters. The number of benzene rings is 1. The maximum absolute atomic E-state index is 12.0. The van der Waals surface area contributed by atoms with Gasteiger partial charge < -0.3 is 9.84 Å². The van der Waals surface area contributed by atoms with Gasteiger partial charge in [-0.15, -0.1) is 0 Å². The number of hydrogen-bond acceptors (Lipinski definition) is 4. The van der Waals surface area contributed by atoms with Crippen molar-refractivity contribution in [2.45, 2.75) is 37.5 Å². The van der Waals surface area contributed by atoms with Crippen LogP contribution in [0.3, 0.4) is 0 Å². The van der Waals surface area contributed by atoms with E-state index < -0.39 is 10.0 Å². The van der Waals surface area contributed by atoms with E-state index in [1.165, 1.54) is 12.1 Å². The molecule has 0 amide bonds. The zero-order valence-electron chi connectivity index (χ0n) is 11.8. The van der Waals surface area contributed by atoms with E-state index in [0.717, 1.165) is 19.3 Å². The summed E-state index contributed by atoms with van der Waals surface area (Å²) in [4.78, 5) is 0.239.